The van der Waals surface area contributed by atoms with Gasteiger partial charge in [0.15, 0.2) is 0 Å². The highest BCUT2D eigenvalue weighted by molar-refractivity contribution is 5.81. The van der Waals surface area contributed by atoms with Gasteiger partial charge in [0.25, 0.3) is 0 Å². The highest BCUT2D eigenvalue weighted by atomic mass is 16.5. The summed E-state index contributed by atoms with van der Waals surface area (Å²) in [6.07, 6.45) is 3.00. The summed E-state index contributed by atoms with van der Waals surface area (Å²) in [5.41, 5.74) is 6.96. The van der Waals surface area contributed by atoms with E-state index in [1.807, 2.05) is 31.2 Å². The molecule has 4 rings (SSSR count). The molecule has 2 aromatic carbocycles. The molecule has 5 heteroatoms. The molecule has 2 N–H and O–H groups in total. The van der Waals surface area contributed by atoms with Gasteiger partial charge < -0.3 is 14.8 Å². The second-order valence-corrected chi connectivity index (χ2v) is 6.76. The van der Waals surface area contributed by atoms with Crippen molar-refractivity contribution in [2.75, 3.05) is 19.0 Å². The number of hydrogen-bond acceptors (Lipinski definition) is 4. The standard InChI is InChI=1S/C22H25N3O2/c1-4-7-14-10-15-11-19-21(18(15)13-20(14)27-5-2)24-25-22(19)23-16-8-6-9-17(12-16)26-3/h6,8-10,12-13H,4-5,7,11H2,1-3H3,(H2,23,24,25). The predicted octanol–water partition coefficient (Wildman–Crippen LogP) is 5.08. The first-order chi connectivity index (χ1) is 13.2. The molecule has 0 fully saturated rings. The molecular weight excluding hydrogens is 338 g/mol. The number of methoxy groups -OCH3 is 1. The van der Waals surface area contributed by atoms with Gasteiger partial charge in [0.05, 0.1) is 19.4 Å². The van der Waals surface area contributed by atoms with Gasteiger partial charge in [-0.2, -0.15) is 5.10 Å². The third-order valence-electron chi connectivity index (χ3n) is 4.93. The van der Waals surface area contributed by atoms with Crippen LogP contribution in [0.5, 0.6) is 11.5 Å². The van der Waals surface area contributed by atoms with Crippen molar-refractivity contribution in [1.82, 2.24) is 10.2 Å². The molecule has 0 bridgehead atoms. The summed E-state index contributed by atoms with van der Waals surface area (Å²) >= 11 is 0. The predicted molar refractivity (Wildman–Crippen MR) is 108 cm³/mol. The number of hydrogen-bond donors (Lipinski definition) is 2. The molecule has 0 saturated heterocycles. The summed E-state index contributed by atoms with van der Waals surface area (Å²) in [6, 6.07) is 12.3. The minimum absolute atomic E-state index is 0.672. The van der Waals surface area contributed by atoms with Gasteiger partial charge in [0, 0.05) is 29.3 Å². The Morgan fingerprint density at radius 3 is 2.85 bits per heavy atom. The van der Waals surface area contributed by atoms with Gasteiger partial charge in [-0.25, -0.2) is 0 Å². The van der Waals surface area contributed by atoms with Crippen LogP contribution in [0.4, 0.5) is 11.5 Å². The molecule has 1 aliphatic carbocycles. The Morgan fingerprint density at radius 2 is 2.07 bits per heavy atom. The maximum atomic E-state index is 5.89. The molecule has 0 spiro atoms. The summed E-state index contributed by atoms with van der Waals surface area (Å²) in [4.78, 5) is 0. The number of nitrogens with one attached hydrogen (secondary N) is 2. The van der Waals surface area contributed by atoms with Crippen LogP contribution in [0, 0.1) is 0 Å². The zero-order valence-electron chi connectivity index (χ0n) is 16.1. The minimum Gasteiger partial charge on any atom is -0.497 e. The third-order valence-corrected chi connectivity index (χ3v) is 4.93. The third kappa shape index (κ3) is 3.25. The first-order valence-electron chi connectivity index (χ1n) is 9.50. The van der Waals surface area contributed by atoms with E-state index in [1.165, 1.54) is 22.3 Å². The zero-order valence-corrected chi connectivity index (χ0v) is 16.1. The van der Waals surface area contributed by atoms with Gasteiger partial charge in [-0.1, -0.05) is 25.5 Å². The van der Waals surface area contributed by atoms with Crippen molar-refractivity contribution in [3.63, 3.8) is 0 Å². The number of aryl methyl sites for hydroxylation is 1. The van der Waals surface area contributed by atoms with E-state index in [1.54, 1.807) is 7.11 Å². The Bertz CT molecular complexity index is 962. The summed E-state index contributed by atoms with van der Waals surface area (Å²) in [6.45, 7) is 4.90. The molecule has 1 aromatic heterocycles. The summed E-state index contributed by atoms with van der Waals surface area (Å²) in [7, 11) is 1.67. The number of ether oxygens (including phenoxy) is 2. The Labute approximate surface area is 159 Å². The first-order valence-corrected chi connectivity index (χ1v) is 9.50. The van der Waals surface area contributed by atoms with Crippen molar-refractivity contribution >= 4 is 11.5 Å². The maximum Gasteiger partial charge on any atom is 0.130 e. The lowest BCUT2D eigenvalue weighted by atomic mass is 10.0. The fraction of sp³-hybridized carbons (Fsp3) is 0.318. The number of benzene rings is 2. The summed E-state index contributed by atoms with van der Waals surface area (Å²) in [5.74, 6) is 2.74. The van der Waals surface area contributed by atoms with Crippen molar-refractivity contribution in [3.8, 4) is 22.8 Å². The minimum atomic E-state index is 0.672. The van der Waals surface area contributed by atoms with E-state index in [-0.39, 0.29) is 0 Å². The Kier molecular flexibility index (Phi) is 4.75. The average molecular weight is 363 g/mol. The molecule has 1 heterocycles. The van der Waals surface area contributed by atoms with Crippen LogP contribution >= 0.6 is 0 Å². The number of nitrogens with zero attached hydrogens (tertiary/aromatic N) is 1. The van der Waals surface area contributed by atoms with E-state index < -0.39 is 0 Å². The van der Waals surface area contributed by atoms with Crippen molar-refractivity contribution in [2.24, 2.45) is 0 Å². The largest absolute Gasteiger partial charge is 0.497 e. The number of fused-ring (bicyclic) bond motifs is 3. The van der Waals surface area contributed by atoms with Crippen LogP contribution < -0.4 is 14.8 Å². The number of rotatable bonds is 7. The van der Waals surface area contributed by atoms with Crippen LogP contribution in [0.1, 0.15) is 37.0 Å². The van der Waals surface area contributed by atoms with Gasteiger partial charge in [0.2, 0.25) is 0 Å². The average Bonchev–Trinajstić information content (AvgIpc) is 3.22. The monoisotopic (exact) mass is 363 g/mol. The number of anilines is 2. The molecule has 0 radical (unpaired) electrons. The fourth-order valence-corrected chi connectivity index (χ4v) is 3.70. The smallest absolute Gasteiger partial charge is 0.130 e. The van der Waals surface area contributed by atoms with Crippen LogP contribution in [0.15, 0.2) is 36.4 Å². The molecule has 0 amide bonds. The maximum absolute atomic E-state index is 5.89. The highest BCUT2D eigenvalue weighted by Crippen LogP contribution is 2.42. The lowest BCUT2D eigenvalue weighted by Crippen LogP contribution is -1.99. The Morgan fingerprint density at radius 1 is 1.19 bits per heavy atom. The van der Waals surface area contributed by atoms with Gasteiger partial charge in [-0.05, 0) is 42.7 Å². The zero-order chi connectivity index (χ0) is 18.8. The summed E-state index contributed by atoms with van der Waals surface area (Å²) < 4.78 is 11.2. The number of H-pyrrole nitrogens is 1. The molecule has 140 valence electrons. The van der Waals surface area contributed by atoms with E-state index >= 15 is 0 Å². The highest BCUT2D eigenvalue weighted by Gasteiger charge is 2.26. The SMILES string of the molecule is CCCc1cc2c(cc1OCC)-c1n[nH]c(Nc3cccc(OC)c3)c1C2. The number of aromatic amines is 1. The molecular formula is C22H25N3O2. The van der Waals surface area contributed by atoms with Crippen molar-refractivity contribution in [1.29, 1.82) is 0 Å². The normalized spacial score (nSPS) is 11.8. The van der Waals surface area contributed by atoms with Crippen LogP contribution in [-0.2, 0) is 12.8 Å². The quantitative estimate of drug-likeness (QED) is 0.480. The molecule has 0 atom stereocenters. The van der Waals surface area contributed by atoms with Crippen molar-refractivity contribution in [2.45, 2.75) is 33.1 Å². The second kappa shape index (κ2) is 7.35. The van der Waals surface area contributed by atoms with E-state index in [0.717, 1.165) is 48.0 Å². The van der Waals surface area contributed by atoms with Crippen LogP contribution in [0.2, 0.25) is 0 Å². The summed E-state index contributed by atoms with van der Waals surface area (Å²) in [5, 5.41) is 11.2. The molecule has 27 heavy (non-hydrogen) atoms. The molecule has 1 aliphatic rings. The van der Waals surface area contributed by atoms with Gasteiger partial charge in [0.1, 0.15) is 17.3 Å². The Hall–Kier alpha value is -2.95. The Balaban J connectivity index is 1.66. The molecule has 0 aliphatic heterocycles. The van der Waals surface area contributed by atoms with Crippen molar-refractivity contribution < 1.29 is 9.47 Å². The van der Waals surface area contributed by atoms with E-state index in [9.17, 15) is 0 Å². The molecule has 5 nitrogen and oxygen atoms in total. The molecule has 0 unspecified atom stereocenters. The van der Waals surface area contributed by atoms with Gasteiger partial charge >= 0.3 is 0 Å². The topological polar surface area (TPSA) is 59.2 Å². The fourth-order valence-electron chi connectivity index (χ4n) is 3.70. The van der Waals surface area contributed by atoms with Crippen LogP contribution in [-0.4, -0.2) is 23.9 Å². The second-order valence-electron chi connectivity index (χ2n) is 6.76. The van der Waals surface area contributed by atoms with E-state index in [0.29, 0.717) is 6.61 Å². The van der Waals surface area contributed by atoms with Crippen LogP contribution in [0.25, 0.3) is 11.3 Å². The number of aromatic nitrogens is 2. The van der Waals surface area contributed by atoms with Crippen LogP contribution in [0.3, 0.4) is 0 Å². The molecule has 0 saturated carbocycles. The van der Waals surface area contributed by atoms with E-state index in [2.05, 4.69) is 34.6 Å². The lowest BCUT2D eigenvalue weighted by molar-refractivity contribution is 0.336. The van der Waals surface area contributed by atoms with Gasteiger partial charge in [-0.15, -0.1) is 0 Å². The van der Waals surface area contributed by atoms with E-state index in [4.69, 9.17) is 9.47 Å². The lowest BCUT2D eigenvalue weighted by Gasteiger charge is -2.12. The van der Waals surface area contributed by atoms with Gasteiger partial charge in [-0.3, -0.25) is 5.10 Å². The van der Waals surface area contributed by atoms with Crippen molar-refractivity contribution in [3.05, 3.63) is 53.1 Å². The molecule has 3 aromatic rings. The first kappa shape index (κ1) is 17.5.